The lowest BCUT2D eigenvalue weighted by atomic mass is 10.2. The summed E-state index contributed by atoms with van der Waals surface area (Å²) in [6, 6.07) is 5.35. The Kier molecular flexibility index (Phi) is 7.05. The maximum Gasteiger partial charge on any atom is 0.138 e. The lowest BCUT2D eigenvalue weighted by Gasteiger charge is -2.10. The number of halogens is 1. The molecule has 0 saturated heterocycles. The van der Waals surface area contributed by atoms with Crippen molar-refractivity contribution in [1.29, 1.82) is 0 Å². The highest BCUT2D eigenvalue weighted by Gasteiger charge is 2.03. The van der Waals surface area contributed by atoms with Gasteiger partial charge in [-0.15, -0.1) is 0 Å². The van der Waals surface area contributed by atoms with Gasteiger partial charge < -0.3 is 20.1 Å². The number of hydrogen-bond acceptors (Lipinski definition) is 4. The van der Waals surface area contributed by atoms with Gasteiger partial charge in [0.25, 0.3) is 0 Å². The summed E-state index contributed by atoms with van der Waals surface area (Å²) in [6.07, 6.45) is 0. The number of ether oxygens (including phenoxy) is 1. The average molecular weight is 273 g/mol. The molecule has 0 aliphatic rings. The Labute approximate surface area is 114 Å². The van der Waals surface area contributed by atoms with Crippen molar-refractivity contribution in [2.75, 3.05) is 40.4 Å². The lowest BCUT2D eigenvalue weighted by molar-refractivity contribution is 0.119. The monoisotopic (exact) mass is 272 g/mol. The Bertz CT molecular complexity index is 359. The SMILES string of the molecule is CN(C)CCOCCNCc1cccc(Cl)c1O. The zero-order chi connectivity index (χ0) is 13.4. The highest BCUT2D eigenvalue weighted by Crippen LogP contribution is 2.26. The summed E-state index contributed by atoms with van der Waals surface area (Å²) in [5, 5.41) is 13.3. The van der Waals surface area contributed by atoms with E-state index >= 15 is 0 Å². The quantitative estimate of drug-likeness (QED) is 0.708. The smallest absolute Gasteiger partial charge is 0.138 e. The summed E-state index contributed by atoms with van der Waals surface area (Å²) in [7, 11) is 4.03. The molecule has 102 valence electrons. The number of benzene rings is 1. The Morgan fingerprint density at radius 3 is 2.83 bits per heavy atom. The molecule has 0 heterocycles. The molecule has 0 bridgehead atoms. The molecule has 0 unspecified atom stereocenters. The van der Waals surface area contributed by atoms with Crippen molar-refractivity contribution in [2.45, 2.75) is 6.54 Å². The van der Waals surface area contributed by atoms with Crippen molar-refractivity contribution >= 4 is 11.6 Å². The number of likely N-dealkylation sites (N-methyl/N-ethyl adjacent to an activating group) is 1. The molecule has 5 heteroatoms. The number of hydrogen-bond donors (Lipinski definition) is 2. The van der Waals surface area contributed by atoms with E-state index in [4.69, 9.17) is 16.3 Å². The van der Waals surface area contributed by atoms with Crippen molar-refractivity contribution in [1.82, 2.24) is 10.2 Å². The molecule has 0 radical (unpaired) electrons. The summed E-state index contributed by atoms with van der Waals surface area (Å²) in [5.74, 6) is 0.153. The van der Waals surface area contributed by atoms with Crippen LogP contribution in [0.3, 0.4) is 0 Å². The van der Waals surface area contributed by atoms with Crippen molar-refractivity contribution < 1.29 is 9.84 Å². The Balaban J connectivity index is 2.13. The molecule has 1 aromatic carbocycles. The van der Waals surface area contributed by atoms with Crippen LogP contribution in [-0.2, 0) is 11.3 Å². The maximum atomic E-state index is 9.69. The van der Waals surface area contributed by atoms with Crippen molar-refractivity contribution in [3.8, 4) is 5.75 Å². The first-order valence-electron chi connectivity index (χ1n) is 6.01. The molecule has 0 amide bonds. The molecule has 4 nitrogen and oxygen atoms in total. The fourth-order valence-electron chi connectivity index (χ4n) is 1.42. The van der Waals surface area contributed by atoms with E-state index in [1.807, 2.05) is 26.2 Å². The summed E-state index contributed by atoms with van der Waals surface area (Å²) in [4.78, 5) is 2.08. The molecule has 18 heavy (non-hydrogen) atoms. The second kappa shape index (κ2) is 8.32. The molecule has 0 spiro atoms. The van der Waals surface area contributed by atoms with Gasteiger partial charge in [0.15, 0.2) is 0 Å². The van der Waals surface area contributed by atoms with E-state index in [1.165, 1.54) is 0 Å². The van der Waals surface area contributed by atoms with Crippen LogP contribution in [0.15, 0.2) is 18.2 Å². The van der Waals surface area contributed by atoms with E-state index in [1.54, 1.807) is 6.07 Å². The molecule has 0 aromatic heterocycles. The fraction of sp³-hybridized carbons (Fsp3) is 0.538. The van der Waals surface area contributed by atoms with Gasteiger partial charge in [0.05, 0.1) is 18.2 Å². The van der Waals surface area contributed by atoms with Crippen LogP contribution in [-0.4, -0.2) is 50.4 Å². The van der Waals surface area contributed by atoms with Crippen LogP contribution in [0.25, 0.3) is 0 Å². The number of para-hydroxylation sites is 1. The molecular formula is C13H21ClN2O2. The summed E-state index contributed by atoms with van der Waals surface area (Å²) in [5.41, 5.74) is 0.802. The van der Waals surface area contributed by atoms with E-state index in [0.717, 1.165) is 25.3 Å². The average Bonchev–Trinajstić information content (AvgIpc) is 2.32. The van der Waals surface area contributed by atoms with Gasteiger partial charge in [0.1, 0.15) is 5.75 Å². The molecule has 1 aromatic rings. The standard InChI is InChI=1S/C13H21ClN2O2/c1-16(2)7-9-18-8-6-15-10-11-4-3-5-12(14)13(11)17/h3-5,15,17H,6-10H2,1-2H3. The summed E-state index contributed by atoms with van der Waals surface area (Å²) >= 11 is 5.82. The third kappa shape index (κ3) is 5.69. The van der Waals surface area contributed by atoms with Crippen LogP contribution in [0.5, 0.6) is 5.75 Å². The minimum atomic E-state index is 0.153. The van der Waals surface area contributed by atoms with E-state index in [9.17, 15) is 5.11 Å². The normalized spacial score (nSPS) is 11.1. The molecule has 0 aliphatic carbocycles. The Morgan fingerprint density at radius 1 is 1.33 bits per heavy atom. The second-order valence-corrected chi connectivity index (χ2v) is 4.75. The number of rotatable bonds is 8. The van der Waals surface area contributed by atoms with Gasteiger partial charge in [-0.2, -0.15) is 0 Å². The van der Waals surface area contributed by atoms with Crippen LogP contribution in [0.2, 0.25) is 5.02 Å². The zero-order valence-electron chi connectivity index (χ0n) is 10.9. The molecule has 0 fully saturated rings. The van der Waals surface area contributed by atoms with Gasteiger partial charge in [-0.3, -0.25) is 0 Å². The predicted molar refractivity (Wildman–Crippen MR) is 74.2 cm³/mol. The summed E-state index contributed by atoms with van der Waals surface area (Å²) in [6.45, 7) is 3.66. The lowest BCUT2D eigenvalue weighted by Crippen LogP contribution is -2.23. The van der Waals surface area contributed by atoms with E-state index in [-0.39, 0.29) is 5.75 Å². The Morgan fingerprint density at radius 2 is 2.11 bits per heavy atom. The van der Waals surface area contributed by atoms with E-state index < -0.39 is 0 Å². The summed E-state index contributed by atoms with van der Waals surface area (Å²) < 4.78 is 5.44. The van der Waals surface area contributed by atoms with Crippen molar-refractivity contribution in [2.24, 2.45) is 0 Å². The molecule has 0 aliphatic heterocycles. The highest BCUT2D eigenvalue weighted by molar-refractivity contribution is 6.32. The number of nitrogens with zero attached hydrogens (tertiary/aromatic N) is 1. The van der Waals surface area contributed by atoms with Gasteiger partial charge in [0, 0.05) is 25.2 Å². The number of nitrogens with one attached hydrogen (secondary N) is 1. The first kappa shape index (κ1) is 15.2. The fourth-order valence-corrected chi connectivity index (χ4v) is 1.61. The van der Waals surface area contributed by atoms with Crippen LogP contribution in [0.1, 0.15) is 5.56 Å². The van der Waals surface area contributed by atoms with Gasteiger partial charge in [-0.25, -0.2) is 0 Å². The van der Waals surface area contributed by atoms with Crippen LogP contribution in [0, 0.1) is 0 Å². The number of phenolic OH excluding ortho intramolecular Hbond substituents is 1. The zero-order valence-corrected chi connectivity index (χ0v) is 11.7. The van der Waals surface area contributed by atoms with Gasteiger partial charge in [-0.1, -0.05) is 23.7 Å². The van der Waals surface area contributed by atoms with Crippen LogP contribution in [0.4, 0.5) is 0 Å². The third-order valence-corrected chi connectivity index (χ3v) is 2.80. The molecule has 2 N–H and O–H groups in total. The molecule has 0 saturated carbocycles. The first-order chi connectivity index (χ1) is 8.61. The minimum absolute atomic E-state index is 0.153. The second-order valence-electron chi connectivity index (χ2n) is 4.34. The van der Waals surface area contributed by atoms with Gasteiger partial charge >= 0.3 is 0 Å². The maximum absolute atomic E-state index is 9.69. The van der Waals surface area contributed by atoms with Gasteiger partial charge in [0.2, 0.25) is 0 Å². The number of aromatic hydroxyl groups is 1. The van der Waals surface area contributed by atoms with Crippen molar-refractivity contribution in [3.63, 3.8) is 0 Å². The third-order valence-electron chi connectivity index (χ3n) is 2.49. The topological polar surface area (TPSA) is 44.7 Å². The Hall–Kier alpha value is -0.810. The van der Waals surface area contributed by atoms with E-state index in [0.29, 0.717) is 18.2 Å². The van der Waals surface area contributed by atoms with E-state index in [2.05, 4.69) is 10.2 Å². The van der Waals surface area contributed by atoms with Crippen molar-refractivity contribution in [3.05, 3.63) is 28.8 Å². The van der Waals surface area contributed by atoms with Gasteiger partial charge in [-0.05, 0) is 20.2 Å². The number of phenols is 1. The minimum Gasteiger partial charge on any atom is -0.506 e. The molecule has 1 rings (SSSR count). The molecular weight excluding hydrogens is 252 g/mol. The predicted octanol–water partition coefficient (Wildman–Crippen LogP) is 1.71. The highest BCUT2D eigenvalue weighted by atomic mass is 35.5. The van der Waals surface area contributed by atoms with Crippen LogP contribution < -0.4 is 5.32 Å². The van der Waals surface area contributed by atoms with Crippen LogP contribution >= 0.6 is 11.6 Å². The first-order valence-corrected chi connectivity index (χ1v) is 6.38. The largest absolute Gasteiger partial charge is 0.506 e. The molecule has 0 atom stereocenters.